The highest BCUT2D eigenvalue weighted by Crippen LogP contribution is 2.72. The number of rotatable bonds is 2. The quantitative estimate of drug-likeness (QED) is 0.207. The molecule has 23 heavy (non-hydrogen) atoms. The van der Waals surface area contributed by atoms with Gasteiger partial charge in [-0.3, -0.25) is 0 Å². The van der Waals surface area contributed by atoms with Crippen LogP contribution in [0.15, 0.2) is 71.6 Å². The van der Waals surface area contributed by atoms with E-state index in [1.807, 2.05) is 24.3 Å². The number of thiol groups is 2. The molecule has 0 aromatic heterocycles. The molecule has 0 spiro atoms. The van der Waals surface area contributed by atoms with Crippen molar-refractivity contribution in [1.82, 2.24) is 0 Å². The van der Waals surface area contributed by atoms with Gasteiger partial charge in [0.25, 0.3) is 0 Å². The second kappa shape index (κ2) is 5.81. The Kier molecular flexibility index (Phi) is 3.92. The van der Waals surface area contributed by atoms with Gasteiger partial charge in [-0.15, -0.1) is 0 Å². The first-order chi connectivity index (χ1) is 11.1. The van der Waals surface area contributed by atoms with Crippen LogP contribution in [0.25, 0.3) is 32.3 Å². The molecule has 0 aliphatic heterocycles. The van der Waals surface area contributed by atoms with Gasteiger partial charge in [0.1, 0.15) is 0 Å². The maximum Gasteiger partial charge on any atom is 0.0423 e. The summed E-state index contributed by atoms with van der Waals surface area (Å²) < 4.78 is 14.4. The number of halogens is 1. The van der Waals surface area contributed by atoms with Crippen LogP contribution in [0.2, 0.25) is 0 Å². The summed E-state index contributed by atoms with van der Waals surface area (Å²) in [4.78, 5) is 0.591. The highest BCUT2D eigenvalue weighted by atomic mass is 33.7. The third-order valence-electron chi connectivity index (χ3n) is 4.02. The second-order valence-corrected chi connectivity index (χ2v) is 12.4. The third-order valence-corrected chi connectivity index (χ3v) is 10.4. The first-order valence-corrected chi connectivity index (χ1v) is 12.0. The SMILES string of the molecule is FS(S)(SS)c1ccc2cc3cc4ccccc4cc3cc2c1. The van der Waals surface area contributed by atoms with Crippen LogP contribution >= 0.6 is 41.6 Å². The predicted octanol–water partition coefficient (Wildman–Crippen LogP) is 7.53. The van der Waals surface area contributed by atoms with Crippen LogP contribution in [0.4, 0.5) is 3.89 Å². The molecule has 0 aliphatic carbocycles. The summed E-state index contributed by atoms with van der Waals surface area (Å²) >= 11 is 8.14. The molecule has 5 heteroatoms. The minimum atomic E-state index is -2.70. The first-order valence-electron chi connectivity index (χ1n) is 7.02. The summed E-state index contributed by atoms with van der Waals surface area (Å²) in [6.07, 6.45) is 0. The molecule has 4 aromatic rings. The molecule has 0 saturated carbocycles. The molecule has 1 unspecified atom stereocenters. The average Bonchev–Trinajstić information content (AvgIpc) is 2.57. The van der Waals surface area contributed by atoms with E-state index in [1.54, 1.807) is 6.07 Å². The second-order valence-electron chi connectivity index (χ2n) is 5.44. The van der Waals surface area contributed by atoms with Gasteiger partial charge in [0.05, 0.1) is 0 Å². The number of hydrogen-bond acceptors (Lipinski definition) is 3. The van der Waals surface area contributed by atoms with Gasteiger partial charge in [-0.05, 0) is 78.5 Å². The Morgan fingerprint density at radius 1 is 0.696 bits per heavy atom. The van der Waals surface area contributed by atoms with E-state index < -0.39 is 8.48 Å². The van der Waals surface area contributed by atoms with Gasteiger partial charge < -0.3 is 0 Å². The zero-order valence-electron chi connectivity index (χ0n) is 11.9. The highest BCUT2D eigenvalue weighted by molar-refractivity contribution is 9.32. The molecule has 116 valence electrons. The smallest absolute Gasteiger partial charge is 0.0423 e. The Hall–Kier alpha value is -1.01. The molecule has 0 fully saturated rings. The maximum absolute atomic E-state index is 14.4. The monoisotopic (exact) mass is 376 g/mol. The minimum Gasteiger partial charge on any atom is -0.163 e. The molecular formula is C18H13FS4. The van der Waals surface area contributed by atoms with E-state index in [-0.39, 0.29) is 0 Å². The van der Waals surface area contributed by atoms with Crippen molar-refractivity contribution < 1.29 is 3.89 Å². The summed E-state index contributed by atoms with van der Waals surface area (Å²) in [6, 6.07) is 22.6. The van der Waals surface area contributed by atoms with Gasteiger partial charge in [0.15, 0.2) is 0 Å². The fraction of sp³-hybridized carbons (Fsp3) is 0. The first kappa shape index (κ1) is 15.5. The molecule has 0 heterocycles. The molecule has 0 saturated heterocycles. The Labute approximate surface area is 149 Å². The fourth-order valence-electron chi connectivity index (χ4n) is 2.87. The van der Waals surface area contributed by atoms with E-state index in [9.17, 15) is 3.89 Å². The standard InChI is InChI=1S/C18H13FS4/c19-23(21,22-20)18-6-5-14-9-15-7-12-3-1-2-4-13(12)8-16(15)10-17(14)11-18/h1-11,20-21H. The summed E-state index contributed by atoms with van der Waals surface area (Å²) in [5.74, 6) is 0. The van der Waals surface area contributed by atoms with E-state index in [0.717, 1.165) is 26.0 Å². The molecule has 0 nitrogen and oxygen atoms in total. The van der Waals surface area contributed by atoms with Crippen molar-refractivity contribution in [2.75, 3.05) is 0 Å². The van der Waals surface area contributed by atoms with Crippen molar-refractivity contribution in [3.63, 3.8) is 0 Å². The van der Waals surface area contributed by atoms with Gasteiger partial charge >= 0.3 is 0 Å². The molecule has 0 N–H and O–H groups in total. The topological polar surface area (TPSA) is 0 Å². The molecular weight excluding hydrogens is 363 g/mol. The lowest BCUT2D eigenvalue weighted by Gasteiger charge is -2.21. The third kappa shape index (κ3) is 2.80. The molecule has 0 amide bonds. The minimum absolute atomic E-state index is 0.591. The maximum atomic E-state index is 14.4. The van der Waals surface area contributed by atoms with Crippen molar-refractivity contribution in [2.45, 2.75) is 4.90 Å². The number of fused-ring (bicyclic) bond motifs is 3. The summed E-state index contributed by atoms with van der Waals surface area (Å²) in [5, 5.41) is 6.91. The van der Waals surface area contributed by atoms with E-state index in [1.165, 1.54) is 16.2 Å². The molecule has 4 aromatic carbocycles. The molecule has 0 bridgehead atoms. The van der Waals surface area contributed by atoms with Crippen molar-refractivity contribution in [2.24, 2.45) is 0 Å². The van der Waals surface area contributed by atoms with Gasteiger partial charge in [-0.2, -0.15) is 3.89 Å². The lowest BCUT2D eigenvalue weighted by Crippen LogP contribution is -1.82. The summed E-state index contributed by atoms with van der Waals surface area (Å²) in [5.41, 5.74) is 0. The van der Waals surface area contributed by atoms with Gasteiger partial charge in [0.2, 0.25) is 0 Å². The van der Waals surface area contributed by atoms with Crippen LogP contribution in [0.3, 0.4) is 0 Å². The normalized spacial score (nSPS) is 15.8. The molecule has 0 radical (unpaired) electrons. The average molecular weight is 377 g/mol. The lowest BCUT2D eigenvalue weighted by atomic mass is 10.00. The number of hydrogen-bond donors (Lipinski definition) is 2. The van der Waals surface area contributed by atoms with Crippen LogP contribution in [-0.4, -0.2) is 0 Å². The van der Waals surface area contributed by atoms with Crippen LogP contribution in [0.1, 0.15) is 0 Å². The van der Waals surface area contributed by atoms with E-state index in [4.69, 9.17) is 0 Å². The Bertz CT molecular complexity index is 1040. The van der Waals surface area contributed by atoms with Crippen molar-refractivity contribution >= 4 is 73.9 Å². The van der Waals surface area contributed by atoms with Gasteiger partial charge in [-0.1, -0.05) is 53.7 Å². The Morgan fingerprint density at radius 2 is 1.17 bits per heavy atom. The zero-order chi connectivity index (χ0) is 16.0. The van der Waals surface area contributed by atoms with E-state index >= 15 is 0 Å². The van der Waals surface area contributed by atoms with Crippen LogP contribution < -0.4 is 0 Å². The largest absolute Gasteiger partial charge is 0.163 e. The van der Waals surface area contributed by atoms with Crippen LogP contribution in [0.5, 0.6) is 0 Å². The molecule has 4 rings (SSSR count). The number of benzene rings is 4. The highest BCUT2D eigenvalue weighted by Gasteiger charge is 2.21. The summed E-state index contributed by atoms with van der Waals surface area (Å²) in [7, 11) is -1.83. The van der Waals surface area contributed by atoms with Crippen molar-refractivity contribution in [3.8, 4) is 0 Å². The van der Waals surface area contributed by atoms with Gasteiger partial charge in [-0.25, -0.2) is 0 Å². The van der Waals surface area contributed by atoms with E-state index in [0.29, 0.717) is 4.90 Å². The van der Waals surface area contributed by atoms with Crippen molar-refractivity contribution in [1.29, 1.82) is 0 Å². The van der Waals surface area contributed by atoms with Crippen molar-refractivity contribution in [3.05, 3.63) is 66.7 Å². The van der Waals surface area contributed by atoms with Gasteiger partial charge in [0, 0.05) is 13.4 Å². The molecule has 0 aliphatic rings. The molecule has 1 atom stereocenters. The fourth-order valence-corrected chi connectivity index (χ4v) is 5.15. The zero-order valence-corrected chi connectivity index (χ0v) is 15.4. The van der Waals surface area contributed by atoms with E-state index in [2.05, 4.69) is 59.7 Å². The van der Waals surface area contributed by atoms with Crippen LogP contribution in [-0.2, 0) is 0 Å². The van der Waals surface area contributed by atoms with Crippen LogP contribution in [0, 0.1) is 0 Å². The Morgan fingerprint density at radius 3 is 1.74 bits per heavy atom. The lowest BCUT2D eigenvalue weighted by molar-refractivity contribution is 0.926. The summed E-state index contributed by atoms with van der Waals surface area (Å²) in [6.45, 7) is 0. The Balaban J connectivity index is 1.99. The predicted molar refractivity (Wildman–Crippen MR) is 111 cm³/mol.